The Morgan fingerprint density at radius 2 is 2.00 bits per heavy atom. The molecule has 0 aromatic carbocycles. The summed E-state index contributed by atoms with van der Waals surface area (Å²) in [6.07, 6.45) is -0.267. The van der Waals surface area contributed by atoms with E-state index >= 15 is 0 Å². The lowest BCUT2D eigenvalue weighted by Crippen LogP contribution is -2.24. The minimum Gasteiger partial charge on any atom is -0.691 e. The number of carbonyl (C=O) groups is 2. The predicted octanol–water partition coefficient (Wildman–Crippen LogP) is -1.04. The number of methoxy groups -OCH3 is 2. The van der Waals surface area contributed by atoms with Gasteiger partial charge in [0.15, 0.2) is 0 Å². The summed E-state index contributed by atoms with van der Waals surface area (Å²) in [6.45, 7) is 0. The van der Waals surface area contributed by atoms with Crippen molar-refractivity contribution in [2.75, 3.05) is 14.2 Å². The Hall–Kier alpha value is -0.830. The van der Waals surface area contributed by atoms with Crippen molar-refractivity contribution >= 4 is 24.0 Å². The number of hydrogen-bond donors (Lipinski definition) is 0. The van der Waals surface area contributed by atoms with Crippen molar-refractivity contribution in [1.29, 1.82) is 0 Å². The van der Waals surface area contributed by atoms with Crippen molar-refractivity contribution in [3.63, 3.8) is 0 Å². The van der Waals surface area contributed by atoms with E-state index in [1.54, 1.807) is 0 Å². The van der Waals surface area contributed by atoms with E-state index in [4.69, 9.17) is 0 Å². The van der Waals surface area contributed by atoms with Gasteiger partial charge in [-0.05, 0) is 0 Å². The summed E-state index contributed by atoms with van der Waals surface area (Å²) in [5.41, 5.74) is 0. The molecule has 1 unspecified atom stereocenters. The maximum Gasteiger partial charge on any atom is 0.321 e. The molecule has 0 amide bonds. The number of carbonyl (C=O) groups excluding carboxylic acids is 2. The average molecular weight is 225 g/mol. The zero-order valence-electron chi connectivity index (χ0n) is 7.55. The van der Waals surface area contributed by atoms with Gasteiger partial charge in [-0.15, -0.1) is 0 Å². The van der Waals surface area contributed by atoms with Gasteiger partial charge in [0.25, 0.3) is 0 Å². The molecule has 0 aromatic heterocycles. The van der Waals surface area contributed by atoms with Crippen LogP contribution in [0, 0.1) is 0 Å². The van der Waals surface area contributed by atoms with Gasteiger partial charge in [0.1, 0.15) is 5.25 Å². The Labute approximate surface area is 84.3 Å². The van der Waals surface area contributed by atoms with Gasteiger partial charge in [-0.2, -0.15) is 4.33 Å². The molecule has 0 rings (SSSR count). The van der Waals surface area contributed by atoms with E-state index in [9.17, 15) is 14.8 Å². The molecular weight excluding hydrogens is 216 g/mol. The van der Waals surface area contributed by atoms with E-state index in [2.05, 4.69) is 18.8 Å². The maximum atomic E-state index is 11.0. The van der Waals surface area contributed by atoms with Crippen LogP contribution >= 0.6 is 12.0 Å². The topological polar surface area (TPSA) is 94.1 Å². The van der Waals surface area contributed by atoms with Crippen LogP contribution in [-0.4, -0.2) is 31.4 Å². The van der Waals surface area contributed by atoms with Crippen molar-refractivity contribution in [3.05, 3.63) is 0 Å². The van der Waals surface area contributed by atoms with Gasteiger partial charge >= 0.3 is 11.9 Å². The second kappa shape index (κ2) is 7.56. The zero-order valence-corrected chi connectivity index (χ0v) is 8.37. The SMILES string of the molecule is COC(=O)CC(SOO[O-])C(=O)OC. The molecule has 0 radical (unpaired) electrons. The molecule has 0 fully saturated rings. The first-order valence-electron chi connectivity index (χ1n) is 3.42. The molecule has 0 heterocycles. The fourth-order valence-corrected chi connectivity index (χ4v) is 1.09. The fraction of sp³-hybridized carbons (Fsp3) is 0.667. The van der Waals surface area contributed by atoms with Crippen molar-refractivity contribution < 1.29 is 33.7 Å². The van der Waals surface area contributed by atoms with Crippen molar-refractivity contribution in [2.24, 2.45) is 0 Å². The molecule has 0 aliphatic heterocycles. The average Bonchev–Trinajstić information content (AvgIpc) is 2.22. The molecule has 14 heavy (non-hydrogen) atoms. The standard InChI is InChI=1S/C6H10O7S/c1-10-5(7)3-4(6(8)11-2)14-13-12-9/h4,9H,3H2,1-2H3/p-1. The third-order valence-electron chi connectivity index (χ3n) is 1.23. The molecule has 0 aromatic rings. The molecule has 0 bridgehead atoms. The first-order chi connectivity index (χ1) is 6.65. The molecule has 1 atom stereocenters. The second-order valence-corrected chi connectivity index (χ2v) is 2.92. The third-order valence-corrected chi connectivity index (χ3v) is 1.95. The predicted molar refractivity (Wildman–Crippen MR) is 42.2 cm³/mol. The molecule has 82 valence electrons. The minimum absolute atomic E-state index is 0.267. The van der Waals surface area contributed by atoms with Crippen LogP contribution in [-0.2, 0) is 28.4 Å². The van der Waals surface area contributed by atoms with Gasteiger partial charge in [-0.3, -0.25) is 14.6 Å². The van der Waals surface area contributed by atoms with Gasteiger partial charge in [-0.1, -0.05) is 0 Å². The van der Waals surface area contributed by atoms with Crippen LogP contribution in [0.4, 0.5) is 0 Å². The normalized spacial score (nSPS) is 11.9. The number of esters is 2. The van der Waals surface area contributed by atoms with Gasteiger partial charge < -0.3 is 14.7 Å². The highest BCUT2D eigenvalue weighted by Crippen LogP contribution is 2.17. The summed E-state index contributed by atoms with van der Waals surface area (Å²) in [5.74, 6) is -1.33. The van der Waals surface area contributed by atoms with E-state index in [-0.39, 0.29) is 6.42 Å². The number of rotatable bonds is 6. The second-order valence-electron chi connectivity index (χ2n) is 2.02. The summed E-state index contributed by atoms with van der Waals surface area (Å²) in [6, 6.07) is 0. The van der Waals surface area contributed by atoms with Crippen LogP contribution in [0.1, 0.15) is 6.42 Å². The summed E-state index contributed by atoms with van der Waals surface area (Å²) >= 11 is 0.388. The highest BCUT2D eigenvalue weighted by molar-refractivity contribution is 7.95. The lowest BCUT2D eigenvalue weighted by Gasteiger charge is -2.12. The van der Waals surface area contributed by atoms with Crippen molar-refractivity contribution in [2.45, 2.75) is 11.7 Å². The van der Waals surface area contributed by atoms with Crippen LogP contribution in [0.3, 0.4) is 0 Å². The Balaban J connectivity index is 4.09. The van der Waals surface area contributed by atoms with E-state index in [0.717, 1.165) is 7.11 Å². The highest BCUT2D eigenvalue weighted by atomic mass is 32.2. The smallest absolute Gasteiger partial charge is 0.321 e. The van der Waals surface area contributed by atoms with Gasteiger partial charge in [0.2, 0.25) is 0 Å². The van der Waals surface area contributed by atoms with Crippen LogP contribution in [0.25, 0.3) is 0 Å². The van der Waals surface area contributed by atoms with Gasteiger partial charge in [0.05, 0.1) is 20.6 Å². The molecule has 0 saturated heterocycles. The Bertz CT molecular complexity index is 195. The van der Waals surface area contributed by atoms with Crippen LogP contribution in [0.2, 0.25) is 0 Å². The number of ether oxygens (including phenoxy) is 2. The molecule has 0 spiro atoms. The molecule has 0 aliphatic rings. The van der Waals surface area contributed by atoms with E-state index in [0.29, 0.717) is 12.0 Å². The molecule has 0 N–H and O–H groups in total. The maximum absolute atomic E-state index is 11.0. The Kier molecular flexibility index (Phi) is 7.11. The van der Waals surface area contributed by atoms with Crippen molar-refractivity contribution in [3.8, 4) is 0 Å². The monoisotopic (exact) mass is 225 g/mol. The van der Waals surface area contributed by atoms with Crippen LogP contribution in [0.15, 0.2) is 0 Å². The summed E-state index contributed by atoms with van der Waals surface area (Å²) in [5, 5.41) is 11.5. The largest absolute Gasteiger partial charge is 0.691 e. The fourth-order valence-electron chi connectivity index (χ4n) is 0.586. The van der Waals surface area contributed by atoms with E-state index in [1.165, 1.54) is 7.11 Å². The molecule has 7 nitrogen and oxygen atoms in total. The Morgan fingerprint density at radius 3 is 2.43 bits per heavy atom. The molecule has 8 heteroatoms. The van der Waals surface area contributed by atoms with Crippen LogP contribution in [0.5, 0.6) is 0 Å². The summed E-state index contributed by atoms with van der Waals surface area (Å²) < 4.78 is 12.6. The first kappa shape index (κ1) is 13.2. The number of hydrogen-bond acceptors (Lipinski definition) is 8. The third kappa shape index (κ3) is 5.02. The lowest BCUT2D eigenvalue weighted by atomic mass is 10.3. The van der Waals surface area contributed by atoms with Crippen molar-refractivity contribution in [1.82, 2.24) is 0 Å². The van der Waals surface area contributed by atoms with E-state index < -0.39 is 17.2 Å². The van der Waals surface area contributed by atoms with Gasteiger partial charge in [-0.25, -0.2) is 0 Å². The lowest BCUT2D eigenvalue weighted by molar-refractivity contribution is -0.777. The minimum atomic E-state index is -0.985. The molecular formula is C6H9O7S-. The molecule has 0 saturated carbocycles. The zero-order chi connectivity index (χ0) is 11.0. The first-order valence-corrected chi connectivity index (χ1v) is 4.22. The van der Waals surface area contributed by atoms with Gasteiger partial charge in [0, 0.05) is 12.0 Å². The molecule has 0 aliphatic carbocycles. The summed E-state index contributed by atoms with van der Waals surface area (Å²) in [7, 11) is 2.32. The van der Waals surface area contributed by atoms with E-state index in [1.807, 2.05) is 0 Å². The highest BCUT2D eigenvalue weighted by Gasteiger charge is 2.25. The quantitative estimate of drug-likeness (QED) is 0.245. The summed E-state index contributed by atoms with van der Waals surface area (Å²) in [4.78, 5) is 21.8. The Morgan fingerprint density at radius 1 is 1.36 bits per heavy atom. The van der Waals surface area contributed by atoms with Crippen LogP contribution < -0.4 is 5.26 Å².